The van der Waals surface area contributed by atoms with Crippen LogP contribution in [0.25, 0.3) is 0 Å². The van der Waals surface area contributed by atoms with Crippen LogP contribution in [0.3, 0.4) is 0 Å². The van der Waals surface area contributed by atoms with Gasteiger partial charge in [0, 0.05) is 23.8 Å². The topological polar surface area (TPSA) is 98.1 Å². The average molecular weight is 345 g/mol. The van der Waals surface area contributed by atoms with Crippen molar-refractivity contribution in [2.24, 2.45) is 5.92 Å². The number of aromatic hydroxyl groups is 1. The minimum absolute atomic E-state index is 0.0911. The van der Waals surface area contributed by atoms with E-state index < -0.39 is 22.9 Å². The minimum Gasteiger partial charge on any atom is -0.508 e. The molecule has 3 N–H and O–H groups in total. The largest absolute Gasteiger partial charge is 0.508 e. The fourth-order valence-corrected chi connectivity index (χ4v) is 5.51. The lowest BCUT2D eigenvalue weighted by Gasteiger charge is -2.63. The lowest BCUT2D eigenvalue weighted by molar-refractivity contribution is -0.180. The van der Waals surface area contributed by atoms with Crippen LogP contribution in [0.5, 0.6) is 5.75 Å². The van der Waals surface area contributed by atoms with E-state index in [1.807, 2.05) is 13.1 Å². The Morgan fingerprint density at radius 1 is 1.40 bits per heavy atom. The second-order valence-corrected chi connectivity index (χ2v) is 7.94. The van der Waals surface area contributed by atoms with Gasteiger partial charge in [-0.15, -0.1) is 0 Å². The highest BCUT2D eigenvalue weighted by Gasteiger charge is 2.65. The molecule has 1 aliphatic heterocycles. The van der Waals surface area contributed by atoms with Crippen LogP contribution in [0, 0.1) is 5.92 Å². The zero-order chi connectivity index (χ0) is 18.0. The first-order valence-corrected chi connectivity index (χ1v) is 8.76. The smallest absolute Gasteiger partial charge is 0.304 e. The fraction of sp³-hybridized carbons (Fsp3) is 0.579. The summed E-state index contributed by atoms with van der Waals surface area (Å²) in [5, 5.41) is 30.9. The van der Waals surface area contributed by atoms with Crippen molar-refractivity contribution in [1.29, 1.82) is 0 Å². The van der Waals surface area contributed by atoms with Gasteiger partial charge < -0.3 is 20.2 Å². The number of piperidine rings is 1. The number of Topliss-reactive ketones (excluding diaryl/α,β-unsaturated/α-hetero) is 1. The van der Waals surface area contributed by atoms with Crippen molar-refractivity contribution in [1.82, 2.24) is 4.90 Å². The molecule has 2 aliphatic carbocycles. The lowest BCUT2D eigenvalue weighted by Crippen LogP contribution is -2.73. The molecule has 1 saturated heterocycles. The number of ketones is 1. The van der Waals surface area contributed by atoms with E-state index in [0.717, 1.165) is 17.7 Å². The summed E-state index contributed by atoms with van der Waals surface area (Å²) in [6, 6.07) is 5.06. The molecular weight excluding hydrogens is 322 g/mol. The third kappa shape index (κ3) is 2.17. The zero-order valence-corrected chi connectivity index (χ0v) is 14.2. The maximum atomic E-state index is 12.7. The van der Waals surface area contributed by atoms with Gasteiger partial charge in [-0.05, 0) is 56.1 Å². The van der Waals surface area contributed by atoms with Gasteiger partial charge in [-0.1, -0.05) is 6.07 Å². The summed E-state index contributed by atoms with van der Waals surface area (Å²) in [6.45, 7) is 0.763. The second kappa shape index (κ2) is 5.29. The Morgan fingerprint density at radius 2 is 2.16 bits per heavy atom. The molecule has 1 heterocycles. The standard InChI is InChI=1S/C19H23NO5/c1-20-5-4-18-10-15(22)12(7-17(23)24)9-19(18,25)16(20)6-11-2-3-13(21)8-14(11)18/h2-3,8,12,16,21,25H,4-7,9-10H2,1H3,(H,23,24)/t12-,16+,18+,19+/m0/s1. The molecular formula is C19H23NO5. The summed E-state index contributed by atoms with van der Waals surface area (Å²) in [5.41, 5.74) is 0.0298. The van der Waals surface area contributed by atoms with Gasteiger partial charge in [0.05, 0.1) is 12.0 Å². The first-order chi connectivity index (χ1) is 11.8. The van der Waals surface area contributed by atoms with Gasteiger partial charge in [0.15, 0.2) is 0 Å². The highest BCUT2D eigenvalue weighted by molar-refractivity contribution is 5.88. The minimum atomic E-state index is -1.16. The zero-order valence-electron chi connectivity index (χ0n) is 14.2. The monoisotopic (exact) mass is 345 g/mol. The number of hydrogen-bond donors (Lipinski definition) is 3. The Bertz CT molecular complexity index is 762. The first-order valence-electron chi connectivity index (χ1n) is 8.76. The van der Waals surface area contributed by atoms with E-state index in [1.165, 1.54) is 0 Å². The summed E-state index contributed by atoms with van der Waals surface area (Å²) in [4.78, 5) is 26.0. The number of carbonyl (C=O) groups is 2. The number of benzene rings is 1. The third-order valence-electron chi connectivity index (χ3n) is 6.74. The predicted molar refractivity (Wildman–Crippen MR) is 89.5 cm³/mol. The normalized spacial score (nSPS) is 37.3. The molecule has 0 unspecified atom stereocenters. The fourth-order valence-electron chi connectivity index (χ4n) is 5.51. The Labute approximate surface area is 146 Å². The summed E-state index contributed by atoms with van der Waals surface area (Å²) in [6.07, 6.45) is 1.34. The van der Waals surface area contributed by atoms with Crippen molar-refractivity contribution < 1.29 is 24.9 Å². The van der Waals surface area contributed by atoms with Crippen LogP contribution in [-0.2, 0) is 21.4 Å². The van der Waals surface area contributed by atoms with Crippen LogP contribution in [0.1, 0.15) is 36.8 Å². The second-order valence-electron chi connectivity index (χ2n) is 7.94. The van der Waals surface area contributed by atoms with Gasteiger partial charge in [0.25, 0.3) is 0 Å². The number of carboxylic acids is 1. The molecule has 1 aromatic rings. The highest BCUT2D eigenvalue weighted by Crippen LogP contribution is 2.58. The molecule has 0 aromatic heterocycles. The van der Waals surface area contributed by atoms with E-state index in [2.05, 4.69) is 4.90 Å². The van der Waals surface area contributed by atoms with E-state index in [1.54, 1.807) is 12.1 Å². The summed E-state index contributed by atoms with van der Waals surface area (Å²) >= 11 is 0. The molecule has 2 fully saturated rings. The van der Waals surface area contributed by atoms with Crippen molar-refractivity contribution in [2.75, 3.05) is 13.6 Å². The first kappa shape index (κ1) is 16.5. The van der Waals surface area contributed by atoms with Crippen LogP contribution in [0.4, 0.5) is 0 Å². The van der Waals surface area contributed by atoms with E-state index in [9.17, 15) is 19.8 Å². The van der Waals surface area contributed by atoms with Gasteiger partial charge >= 0.3 is 5.97 Å². The number of nitrogens with zero attached hydrogens (tertiary/aromatic N) is 1. The molecule has 6 heteroatoms. The van der Waals surface area contributed by atoms with Crippen molar-refractivity contribution >= 4 is 11.8 Å². The van der Waals surface area contributed by atoms with Gasteiger partial charge in [-0.25, -0.2) is 0 Å². The molecule has 134 valence electrons. The summed E-state index contributed by atoms with van der Waals surface area (Å²) < 4.78 is 0. The molecule has 4 rings (SSSR count). The number of likely N-dealkylation sites (N-methyl/N-ethyl adjacent to an activating group) is 1. The average Bonchev–Trinajstić information content (AvgIpc) is 2.52. The summed E-state index contributed by atoms with van der Waals surface area (Å²) in [5.74, 6) is -1.62. The van der Waals surface area contributed by atoms with Gasteiger partial charge in [0.2, 0.25) is 0 Å². The van der Waals surface area contributed by atoms with Gasteiger partial charge in [-0.2, -0.15) is 0 Å². The van der Waals surface area contributed by atoms with Crippen molar-refractivity contribution in [2.45, 2.75) is 49.2 Å². The van der Waals surface area contributed by atoms with Crippen molar-refractivity contribution in [3.05, 3.63) is 29.3 Å². The van der Waals surface area contributed by atoms with Crippen LogP contribution >= 0.6 is 0 Å². The number of carbonyl (C=O) groups excluding carboxylic acids is 1. The SMILES string of the molecule is CN1CC[C@]23CC(=O)[C@@H](CC(=O)O)C[C@@]2(O)[C@H]1Cc1ccc(O)cc13. The number of phenols is 1. The number of phenolic OH excluding ortho intramolecular Hbond substituents is 1. The number of rotatable bonds is 2. The van der Waals surface area contributed by atoms with E-state index in [4.69, 9.17) is 5.11 Å². The van der Waals surface area contributed by atoms with E-state index in [-0.39, 0.29) is 36.8 Å². The van der Waals surface area contributed by atoms with Crippen LogP contribution in [0.2, 0.25) is 0 Å². The number of aliphatic carboxylic acids is 1. The van der Waals surface area contributed by atoms with Gasteiger partial charge in [0.1, 0.15) is 11.5 Å². The molecule has 4 atom stereocenters. The Hall–Kier alpha value is -1.92. The maximum Gasteiger partial charge on any atom is 0.304 e. The van der Waals surface area contributed by atoms with E-state index in [0.29, 0.717) is 12.8 Å². The summed E-state index contributed by atoms with van der Waals surface area (Å²) in [7, 11) is 1.97. The van der Waals surface area contributed by atoms with Crippen molar-refractivity contribution in [3.8, 4) is 5.75 Å². The van der Waals surface area contributed by atoms with Crippen molar-refractivity contribution in [3.63, 3.8) is 0 Å². The molecule has 25 heavy (non-hydrogen) atoms. The van der Waals surface area contributed by atoms with Crippen LogP contribution in [-0.4, -0.2) is 57.2 Å². The maximum absolute atomic E-state index is 12.7. The molecule has 3 aliphatic rings. The number of aliphatic hydroxyl groups is 1. The third-order valence-corrected chi connectivity index (χ3v) is 6.74. The molecule has 0 radical (unpaired) electrons. The molecule has 0 amide bonds. The number of hydrogen-bond acceptors (Lipinski definition) is 5. The quantitative estimate of drug-likeness (QED) is 0.742. The van der Waals surface area contributed by atoms with E-state index >= 15 is 0 Å². The van der Waals surface area contributed by atoms with Gasteiger partial charge in [-0.3, -0.25) is 9.59 Å². The van der Waals surface area contributed by atoms with Crippen LogP contribution < -0.4 is 0 Å². The molecule has 1 aromatic carbocycles. The predicted octanol–water partition coefficient (Wildman–Crippen LogP) is 1.08. The highest BCUT2D eigenvalue weighted by atomic mass is 16.4. The molecule has 2 bridgehead atoms. The molecule has 1 saturated carbocycles. The number of fused-ring (bicyclic) bond motifs is 1. The van der Waals surface area contributed by atoms with Crippen LogP contribution in [0.15, 0.2) is 18.2 Å². The number of carboxylic acid groups (broad SMARTS) is 1. The lowest BCUT2D eigenvalue weighted by atomic mass is 9.47. The Balaban J connectivity index is 1.87. The Kier molecular flexibility index (Phi) is 3.50. The Morgan fingerprint density at radius 3 is 2.88 bits per heavy atom. The molecule has 0 spiro atoms. The number of likely N-dealkylation sites (tertiary alicyclic amines) is 1. The molecule has 6 nitrogen and oxygen atoms in total.